The molecule has 0 aliphatic heterocycles. The van der Waals surface area contributed by atoms with Gasteiger partial charge < -0.3 is 10.5 Å². The summed E-state index contributed by atoms with van der Waals surface area (Å²) < 4.78 is 0. The van der Waals surface area contributed by atoms with E-state index in [1.54, 1.807) is 6.08 Å². The highest BCUT2D eigenvalue weighted by Crippen LogP contribution is 2.21. The van der Waals surface area contributed by atoms with Crippen molar-refractivity contribution in [1.82, 2.24) is 0 Å². The van der Waals surface area contributed by atoms with Gasteiger partial charge in [-0.25, -0.2) is 0 Å². The lowest BCUT2D eigenvalue weighted by atomic mass is 9.91. The van der Waals surface area contributed by atoms with Crippen LogP contribution in [0.5, 0.6) is 0 Å². The highest BCUT2D eigenvalue weighted by Gasteiger charge is 2.15. The molecule has 0 fully saturated rings. The molecule has 156 valence electrons. The molecule has 0 aromatic heterocycles. The molecule has 0 bridgehead atoms. The van der Waals surface area contributed by atoms with Crippen molar-refractivity contribution >= 4 is 18.0 Å². The molecule has 0 aromatic rings. The summed E-state index contributed by atoms with van der Waals surface area (Å²) in [6, 6.07) is 0. The van der Waals surface area contributed by atoms with Crippen LogP contribution in [-0.4, -0.2) is 23.1 Å². The fourth-order valence-corrected chi connectivity index (χ4v) is 3.07. The van der Waals surface area contributed by atoms with Crippen molar-refractivity contribution in [2.75, 3.05) is 0 Å². The monoisotopic (exact) mass is 387 g/mol. The van der Waals surface area contributed by atoms with Gasteiger partial charge in [0.25, 0.3) is 0 Å². The molecule has 0 radical (unpaired) electrons. The van der Waals surface area contributed by atoms with Crippen LogP contribution in [0.25, 0.3) is 0 Å². The van der Waals surface area contributed by atoms with Crippen LogP contribution in [0.2, 0.25) is 0 Å². The van der Waals surface area contributed by atoms with E-state index in [0.29, 0.717) is 18.4 Å². The summed E-state index contributed by atoms with van der Waals surface area (Å²) in [6.07, 6.45) is 13.7. The number of hydrogen-bond acceptors (Lipinski definition) is 3. The maximum absolute atomic E-state index is 12.5. The van der Waals surface area contributed by atoms with E-state index in [-0.39, 0.29) is 24.0 Å². The zero-order valence-electron chi connectivity index (χ0n) is 18.0. The average molecular weight is 388 g/mol. The molecule has 0 heterocycles. The lowest BCUT2D eigenvalue weighted by Gasteiger charge is -2.13. The number of hydrogen-bond donors (Lipinski definition) is 2. The van der Waals surface area contributed by atoms with E-state index in [2.05, 4.69) is 19.6 Å². The van der Waals surface area contributed by atoms with Gasteiger partial charge in [-0.2, -0.15) is 0 Å². The maximum Gasteiger partial charge on any atom is 0.303 e. The zero-order chi connectivity index (χ0) is 21.5. The van der Waals surface area contributed by atoms with Crippen LogP contribution < -0.4 is 0 Å². The summed E-state index contributed by atoms with van der Waals surface area (Å²) in [6.45, 7) is 12.2. The number of carboxylic acid groups (broad SMARTS) is 1. The van der Waals surface area contributed by atoms with Gasteiger partial charge in [-0.15, -0.1) is 0 Å². The predicted molar refractivity (Wildman–Crippen MR) is 118 cm³/mol. The number of aliphatic carboxylic acids is 1. The first-order valence-electron chi connectivity index (χ1n) is 10.3. The predicted octanol–water partition coefficient (Wildman–Crippen LogP) is 6.30. The number of nitrogens with one attached hydrogen (secondary N) is 1. The first-order chi connectivity index (χ1) is 13.2. The van der Waals surface area contributed by atoms with E-state index in [1.807, 2.05) is 32.9 Å². The number of ketones is 1. The molecule has 0 saturated carbocycles. The molecular formula is C24H37NO3. The second kappa shape index (κ2) is 14.8. The molecule has 0 aromatic carbocycles. The Morgan fingerprint density at radius 1 is 1.21 bits per heavy atom. The minimum absolute atomic E-state index is 0.0367. The molecular weight excluding hydrogens is 350 g/mol. The molecule has 2 N–H and O–H groups in total. The number of Topliss-reactive ketones (excluding diaryl/α,β-unsaturated/α-hetero) is 1. The van der Waals surface area contributed by atoms with Crippen LogP contribution in [0, 0.1) is 17.2 Å². The molecule has 28 heavy (non-hydrogen) atoms. The van der Waals surface area contributed by atoms with E-state index in [9.17, 15) is 9.59 Å². The first-order valence-corrected chi connectivity index (χ1v) is 10.3. The Hall–Kier alpha value is -2.23. The third-order valence-electron chi connectivity index (χ3n) is 4.70. The molecule has 4 heteroatoms. The Morgan fingerprint density at radius 3 is 2.43 bits per heavy atom. The van der Waals surface area contributed by atoms with Crippen LogP contribution in [-0.2, 0) is 9.59 Å². The van der Waals surface area contributed by atoms with Gasteiger partial charge in [-0.3, -0.25) is 9.59 Å². The summed E-state index contributed by atoms with van der Waals surface area (Å²) in [5.41, 5.74) is 2.40. The minimum atomic E-state index is -0.783. The molecule has 0 rings (SSSR count). The largest absolute Gasteiger partial charge is 0.481 e. The Bertz CT molecular complexity index is 626. The molecule has 0 aliphatic carbocycles. The fraction of sp³-hybridized carbons (Fsp3) is 0.542. The van der Waals surface area contributed by atoms with E-state index in [0.717, 1.165) is 43.0 Å². The van der Waals surface area contributed by atoms with E-state index < -0.39 is 5.97 Å². The molecule has 2 unspecified atom stereocenters. The Balaban J connectivity index is 4.84. The van der Waals surface area contributed by atoms with Crippen molar-refractivity contribution in [1.29, 1.82) is 5.41 Å². The fourth-order valence-electron chi connectivity index (χ4n) is 3.07. The van der Waals surface area contributed by atoms with Gasteiger partial charge in [0, 0.05) is 24.6 Å². The van der Waals surface area contributed by atoms with Crippen LogP contribution >= 0.6 is 0 Å². The van der Waals surface area contributed by atoms with Gasteiger partial charge in [0.15, 0.2) is 5.78 Å². The van der Waals surface area contributed by atoms with Gasteiger partial charge in [0.05, 0.1) is 0 Å². The number of rotatable bonds is 15. The second-order valence-electron chi connectivity index (χ2n) is 7.40. The van der Waals surface area contributed by atoms with Gasteiger partial charge >= 0.3 is 5.97 Å². The summed E-state index contributed by atoms with van der Waals surface area (Å²) in [7, 11) is 0. The smallest absolute Gasteiger partial charge is 0.303 e. The molecule has 0 amide bonds. The lowest BCUT2D eigenvalue weighted by molar-refractivity contribution is -0.138. The van der Waals surface area contributed by atoms with Crippen LogP contribution in [0.4, 0.5) is 0 Å². The number of allylic oxidation sites excluding steroid dienone is 7. The first kappa shape index (κ1) is 25.8. The summed E-state index contributed by atoms with van der Waals surface area (Å²) in [4.78, 5) is 23.4. The number of carbonyl (C=O) groups excluding carboxylic acids is 1. The molecule has 2 atom stereocenters. The Kier molecular flexibility index (Phi) is 13.6. The van der Waals surface area contributed by atoms with Crippen LogP contribution in [0.3, 0.4) is 0 Å². The molecule has 4 nitrogen and oxygen atoms in total. The zero-order valence-corrected chi connectivity index (χ0v) is 18.0. The van der Waals surface area contributed by atoms with Crippen molar-refractivity contribution in [2.24, 2.45) is 11.8 Å². The molecule has 0 aliphatic rings. The lowest BCUT2D eigenvalue weighted by Crippen LogP contribution is -2.10. The molecule has 0 saturated heterocycles. The molecule has 0 spiro atoms. The Morgan fingerprint density at radius 2 is 1.89 bits per heavy atom. The third kappa shape index (κ3) is 11.5. The van der Waals surface area contributed by atoms with Gasteiger partial charge in [0.1, 0.15) is 0 Å². The van der Waals surface area contributed by atoms with E-state index in [4.69, 9.17) is 10.5 Å². The number of carbonyl (C=O) groups is 2. The third-order valence-corrected chi connectivity index (χ3v) is 4.70. The van der Waals surface area contributed by atoms with Crippen molar-refractivity contribution < 1.29 is 14.7 Å². The standard InChI is InChI=1S/C24H37NO3/c1-6-8-11-18(3)14-19(4)20(5)15-22(17-25)23(26)13-9-12-21(10-7-2)16-24(27)28/h8,11,14-15,17,20-21,25H,4,6-7,9-10,12-13,16H2,1-3,5H3,(H,27,28)/b11-8?,18-14-,22-15+,25-17?. The average Bonchev–Trinajstić information content (AvgIpc) is 2.63. The number of carboxylic acids is 1. The van der Waals surface area contributed by atoms with Crippen molar-refractivity contribution in [3.8, 4) is 0 Å². The van der Waals surface area contributed by atoms with Gasteiger partial charge in [-0.1, -0.05) is 70.1 Å². The highest BCUT2D eigenvalue weighted by atomic mass is 16.4. The normalized spacial score (nSPS) is 14.7. The topological polar surface area (TPSA) is 78.2 Å². The Labute approximate surface area is 170 Å². The summed E-state index contributed by atoms with van der Waals surface area (Å²) >= 11 is 0. The highest BCUT2D eigenvalue weighted by molar-refractivity contribution is 6.12. The quantitative estimate of drug-likeness (QED) is 0.197. The van der Waals surface area contributed by atoms with E-state index >= 15 is 0 Å². The van der Waals surface area contributed by atoms with Crippen molar-refractivity contribution in [2.45, 2.75) is 72.6 Å². The van der Waals surface area contributed by atoms with Gasteiger partial charge in [-0.05, 0) is 43.6 Å². The van der Waals surface area contributed by atoms with Crippen molar-refractivity contribution in [3.05, 3.63) is 47.6 Å². The van der Waals surface area contributed by atoms with Crippen LogP contribution in [0.1, 0.15) is 72.6 Å². The maximum atomic E-state index is 12.5. The second-order valence-corrected chi connectivity index (χ2v) is 7.40. The van der Waals surface area contributed by atoms with Crippen molar-refractivity contribution in [3.63, 3.8) is 0 Å². The van der Waals surface area contributed by atoms with Gasteiger partial charge in [0.2, 0.25) is 0 Å². The SMILES string of the molecule is C=C(/C=C(/C)C=CCC)C(C)/C=C(\C=N)C(=O)CCCC(CCC)CC(=O)O. The van der Waals surface area contributed by atoms with Crippen LogP contribution in [0.15, 0.2) is 47.6 Å². The summed E-state index contributed by atoms with van der Waals surface area (Å²) in [5.74, 6) is -0.766. The minimum Gasteiger partial charge on any atom is -0.481 e. The summed E-state index contributed by atoms with van der Waals surface area (Å²) in [5, 5.41) is 16.6. The van der Waals surface area contributed by atoms with E-state index in [1.165, 1.54) is 0 Å².